The molecule has 1 aliphatic heterocycles. The van der Waals surface area contributed by atoms with E-state index >= 15 is 0 Å². The van der Waals surface area contributed by atoms with Crippen LogP contribution < -0.4 is 10.1 Å². The zero-order valence-corrected chi connectivity index (χ0v) is 12.6. The molecule has 4 nitrogen and oxygen atoms in total. The number of nitrogens with one attached hydrogen (secondary N) is 1. The van der Waals surface area contributed by atoms with E-state index in [0.717, 1.165) is 25.1 Å². The first-order valence-corrected chi connectivity index (χ1v) is 7.42. The number of benzene rings is 1. The summed E-state index contributed by atoms with van der Waals surface area (Å²) in [5, 5.41) is 3.27. The van der Waals surface area contributed by atoms with E-state index in [-0.39, 0.29) is 12.3 Å². The van der Waals surface area contributed by atoms with E-state index in [4.69, 9.17) is 11.3 Å². The number of pyridine rings is 1. The Kier molecular flexibility index (Phi) is 4.65. The van der Waals surface area contributed by atoms with Gasteiger partial charge in [0.2, 0.25) is 5.88 Å². The summed E-state index contributed by atoms with van der Waals surface area (Å²) in [6.07, 6.45) is 4.70. The highest BCUT2D eigenvalue weighted by atomic mass is 19.1. The van der Waals surface area contributed by atoms with Crippen molar-refractivity contribution in [3.05, 3.63) is 71.0 Å². The van der Waals surface area contributed by atoms with Gasteiger partial charge in [-0.1, -0.05) is 18.2 Å². The maximum atomic E-state index is 13.9. The molecule has 0 saturated carbocycles. The van der Waals surface area contributed by atoms with Crippen molar-refractivity contribution < 1.29 is 9.13 Å². The highest BCUT2D eigenvalue weighted by Crippen LogP contribution is 2.28. The smallest absolute Gasteiger partial charge is 0.221 e. The number of nitrogens with zero attached hydrogens (tertiary/aromatic N) is 2. The zero-order chi connectivity index (χ0) is 16.1. The molecule has 0 atom stereocenters. The Morgan fingerprint density at radius 2 is 2.26 bits per heavy atom. The summed E-state index contributed by atoms with van der Waals surface area (Å²) in [7, 11) is 0. The molecule has 0 bridgehead atoms. The van der Waals surface area contributed by atoms with Crippen LogP contribution in [0.4, 0.5) is 10.1 Å². The molecule has 5 heteroatoms. The average molecular weight is 309 g/mol. The lowest BCUT2D eigenvalue weighted by molar-refractivity contribution is 0.287. The lowest BCUT2D eigenvalue weighted by Gasteiger charge is -2.17. The predicted molar refractivity (Wildman–Crippen MR) is 86.7 cm³/mol. The molecule has 3 rings (SSSR count). The van der Waals surface area contributed by atoms with Crippen LogP contribution in [-0.2, 0) is 6.61 Å². The first-order valence-electron chi connectivity index (χ1n) is 7.42. The molecule has 2 heterocycles. The second kappa shape index (κ2) is 7.03. The third-order valence-corrected chi connectivity index (χ3v) is 3.71. The van der Waals surface area contributed by atoms with E-state index in [0.29, 0.717) is 11.4 Å². The Bertz CT molecular complexity index is 780. The van der Waals surface area contributed by atoms with Crippen molar-refractivity contribution in [3.63, 3.8) is 0 Å². The van der Waals surface area contributed by atoms with Crippen molar-refractivity contribution in [3.8, 4) is 5.88 Å². The van der Waals surface area contributed by atoms with Gasteiger partial charge in [-0.25, -0.2) is 14.2 Å². The Balaban J connectivity index is 1.79. The molecule has 0 spiro atoms. The zero-order valence-electron chi connectivity index (χ0n) is 12.6. The summed E-state index contributed by atoms with van der Waals surface area (Å²) >= 11 is 0. The summed E-state index contributed by atoms with van der Waals surface area (Å²) in [5.74, 6) is 0.0753. The Morgan fingerprint density at radius 3 is 3.00 bits per heavy atom. The second-order valence-corrected chi connectivity index (χ2v) is 5.22. The number of aromatic nitrogens is 1. The van der Waals surface area contributed by atoms with Gasteiger partial charge in [-0.2, -0.15) is 0 Å². The molecular weight excluding hydrogens is 293 g/mol. The topological polar surface area (TPSA) is 38.5 Å². The monoisotopic (exact) mass is 309 g/mol. The highest BCUT2D eigenvalue weighted by Gasteiger charge is 2.13. The van der Waals surface area contributed by atoms with Crippen LogP contribution in [0.15, 0.2) is 42.6 Å². The van der Waals surface area contributed by atoms with Gasteiger partial charge >= 0.3 is 0 Å². The van der Waals surface area contributed by atoms with E-state index in [1.54, 1.807) is 18.3 Å². The highest BCUT2D eigenvalue weighted by molar-refractivity contribution is 5.70. The minimum Gasteiger partial charge on any atom is -0.472 e. The molecule has 0 fully saturated rings. The van der Waals surface area contributed by atoms with Crippen LogP contribution in [0.2, 0.25) is 0 Å². The van der Waals surface area contributed by atoms with Gasteiger partial charge in [0.15, 0.2) is 5.69 Å². The van der Waals surface area contributed by atoms with Crippen LogP contribution in [0.25, 0.3) is 10.4 Å². The van der Waals surface area contributed by atoms with Crippen LogP contribution in [0.3, 0.4) is 0 Å². The first-order chi connectivity index (χ1) is 11.3. The molecule has 23 heavy (non-hydrogen) atoms. The lowest BCUT2D eigenvalue weighted by atomic mass is 10.0. The number of hydrogen-bond donors (Lipinski definition) is 1. The average Bonchev–Trinajstić information content (AvgIpc) is 2.61. The van der Waals surface area contributed by atoms with E-state index in [9.17, 15) is 4.39 Å². The molecule has 116 valence electrons. The molecule has 0 saturated heterocycles. The minimum atomic E-state index is -0.433. The number of rotatable bonds is 4. The van der Waals surface area contributed by atoms with Crippen LogP contribution >= 0.6 is 0 Å². The Hall–Kier alpha value is -2.71. The van der Waals surface area contributed by atoms with Crippen molar-refractivity contribution in [1.29, 1.82) is 0 Å². The van der Waals surface area contributed by atoms with Crippen LogP contribution in [0.1, 0.15) is 17.5 Å². The Morgan fingerprint density at radius 1 is 1.35 bits per heavy atom. The van der Waals surface area contributed by atoms with Crippen molar-refractivity contribution in [1.82, 2.24) is 10.3 Å². The third-order valence-electron chi connectivity index (χ3n) is 3.71. The maximum Gasteiger partial charge on any atom is 0.221 e. The summed E-state index contributed by atoms with van der Waals surface area (Å²) in [5.41, 5.74) is 2.83. The van der Waals surface area contributed by atoms with Crippen molar-refractivity contribution in [2.75, 3.05) is 13.1 Å². The molecule has 0 unspecified atom stereocenters. The SMILES string of the molecule is [C-]#[N+]c1ccc(COc2ncccc2C2=CCNCC2)c(F)c1. The fourth-order valence-electron chi connectivity index (χ4n) is 2.49. The fraction of sp³-hybridized carbons (Fsp3) is 0.222. The number of halogens is 1. The molecule has 2 aromatic rings. The summed E-state index contributed by atoms with van der Waals surface area (Å²) in [4.78, 5) is 7.49. The fourth-order valence-corrected chi connectivity index (χ4v) is 2.49. The molecular formula is C18H16FN3O. The largest absolute Gasteiger partial charge is 0.472 e. The normalized spacial score (nSPS) is 14.0. The quantitative estimate of drug-likeness (QED) is 0.875. The lowest BCUT2D eigenvalue weighted by Crippen LogP contribution is -2.20. The Labute approximate surface area is 134 Å². The van der Waals surface area contributed by atoms with Gasteiger partial charge in [-0.3, -0.25) is 0 Å². The van der Waals surface area contributed by atoms with Gasteiger partial charge in [-0.05, 0) is 36.7 Å². The summed E-state index contributed by atoms with van der Waals surface area (Å²) in [6.45, 7) is 8.73. The van der Waals surface area contributed by atoms with Crippen LogP contribution in [0.5, 0.6) is 5.88 Å². The number of ether oxygens (including phenoxy) is 1. The molecule has 1 aromatic carbocycles. The molecule has 1 aliphatic rings. The predicted octanol–water partition coefficient (Wildman–Crippen LogP) is 3.73. The van der Waals surface area contributed by atoms with Gasteiger partial charge in [0, 0.05) is 23.9 Å². The second-order valence-electron chi connectivity index (χ2n) is 5.22. The molecule has 0 radical (unpaired) electrons. The van der Waals surface area contributed by atoms with Gasteiger partial charge in [0.05, 0.1) is 6.57 Å². The van der Waals surface area contributed by atoms with Gasteiger partial charge in [0.25, 0.3) is 0 Å². The first kappa shape index (κ1) is 15.2. The van der Waals surface area contributed by atoms with Gasteiger partial charge in [-0.15, -0.1) is 0 Å². The summed E-state index contributed by atoms with van der Waals surface area (Å²) < 4.78 is 19.7. The minimum absolute atomic E-state index is 0.0830. The van der Waals surface area contributed by atoms with Crippen molar-refractivity contribution in [2.24, 2.45) is 0 Å². The standard InChI is InChI=1S/C18H16FN3O/c1-20-15-5-4-14(17(19)11-15)12-23-18-16(3-2-8-22-18)13-6-9-21-10-7-13/h2-6,8,11,21H,7,9-10,12H2. The molecule has 1 aromatic heterocycles. The van der Waals surface area contributed by atoms with Gasteiger partial charge < -0.3 is 10.1 Å². The third kappa shape index (κ3) is 3.55. The number of hydrogen-bond acceptors (Lipinski definition) is 3. The van der Waals surface area contributed by atoms with Crippen molar-refractivity contribution in [2.45, 2.75) is 13.0 Å². The molecule has 0 aliphatic carbocycles. The van der Waals surface area contributed by atoms with E-state index in [2.05, 4.69) is 21.2 Å². The van der Waals surface area contributed by atoms with Crippen LogP contribution in [0, 0.1) is 12.4 Å². The molecule has 0 amide bonds. The van der Waals surface area contributed by atoms with Gasteiger partial charge in [0.1, 0.15) is 12.4 Å². The maximum absolute atomic E-state index is 13.9. The van der Waals surface area contributed by atoms with E-state index < -0.39 is 5.82 Å². The van der Waals surface area contributed by atoms with Crippen molar-refractivity contribution >= 4 is 11.3 Å². The summed E-state index contributed by atoms with van der Waals surface area (Å²) in [6, 6.07) is 8.23. The van der Waals surface area contributed by atoms with E-state index in [1.807, 2.05) is 12.1 Å². The van der Waals surface area contributed by atoms with E-state index in [1.165, 1.54) is 11.6 Å². The molecule has 1 N–H and O–H groups in total. The van der Waals surface area contributed by atoms with Crippen LogP contribution in [-0.4, -0.2) is 18.1 Å².